The number of fused-ring (bicyclic) bond motifs is 1. The average Bonchev–Trinajstić information content (AvgIpc) is 2.94. The Morgan fingerprint density at radius 2 is 2.10 bits per heavy atom. The zero-order chi connectivity index (χ0) is 14.7. The Balaban J connectivity index is 1.56. The smallest absolute Gasteiger partial charge is 0.119 e. The molecule has 1 aromatic rings. The molecule has 3 rings (SSSR count). The third kappa shape index (κ3) is 3.75. The molecule has 2 aliphatic rings. The van der Waals surface area contributed by atoms with Crippen LogP contribution in [0, 0.1) is 0 Å². The molecular formula is C18H27NOS. The number of aryl methyl sites for hydroxylation is 1. The first-order chi connectivity index (χ1) is 10.3. The first kappa shape index (κ1) is 15.2. The second-order valence-corrected chi connectivity index (χ2v) is 7.91. The van der Waals surface area contributed by atoms with E-state index in [0.717, 1.165) is 23.5 Å². The zero-order valence-electron chi connectivity index (χ0n) is 13.2. The summed E-state index contributed by atoms with van der Waals surface area (Å²) in [6.45, 7) is 2.27. The number of nitrogens with one attached hydrogen (secondary N) is 1. The summed E-state index contributed by atoms with van der Waals surface area (Å²) < 4.78 is 5.37. The van der Waals surface area contributed by atoms with E-state index < -0.39 is 0 Å². The number of ether oxygens (including phenoxy) is 1. The third-order valence-corrected chi connectivity index (χ3v) is 6.13. The van der Waals surface area contributed by atoms with Gasteiger partial charge in [-0.25, -0.2) is 0 Å². The molecule has 3 atom stereocenters. The molecule has 0 saturated heterocycles. The van der Waals surface area contributed by atoms with Crippen molar-refractivity contribution in [1.29, 1.82) is 0 Å². The summed E-state index contributed by atoms with van der Waals surface area (Å²) in [6.07, 6.45) is 7.76. The van der Waals surface area contributed by atoms with Gasteiger partial charge in [0, 0.05) is 17.3 Å². The van der Waals surface area contributed by atoms with Crippen LogP contribution in [0.1, 0.15) is 43.7 Å². The van der Waals surface area contributed by atoms with Crippen molar-refractivity contribution in [3.05, 3.63) is 29.3 Å². The highest BCUT2D eigenvalue weighted by Crippen LogP contribution is 2.31. The number of rotatable bonds is 5. The maximum atomic E-state index is 5.37. The summed E-state index contributed by atoms with van der Waals surface area (Å²) in [6, 6.07) is 7.96. The van der Waals surface area contributed by atoms with Gasteiger partial charge in [-0.15, -0.1) is 0 Å². The molecule has 1 saturated carbocycles. The predicted octanol–water partition coefficient (Wildman–Crippen LogP) is 3.82. The van der Waals surface area contributed by atoms with Gasteiger partial charge in [-0.1, -0.05) is 13.0 Å². The van der Waals surface area contributed by atoms with Crippen LogP contribution in [0.25, 0.3) is 0 Å². The van der Waals surface area contributed by atoms with E-state index in [1.807, 2.05) is 0 Å². The van der Waals surface area contributed by atoms with E-state index >= 15 is 0 Å². The Morgan fingerprint density at radius 1 is 1.19 bits per heavy atom. The van der Waals surface area contributed by atoms with Gasteiger partial charge in [-0.2, -0.15) is 11.8 Å². The molecule has 1 N–H and O–H groups in total. The lowest BCUT2D eigenvalue weighted by atomic mass is 9.87. The minimum Gasteiger partial charge on any atom is -0.497 e. The lowest BCUT2D eigenvalue weighted by Crippen LogP contribution is -2.40. The van der Waals surface area contributed by atoms with Gasteiger partial charge in [0.25, 0.3) is 0 Å². The van der Waals surface area contributed by atoms with E-state index in [2.05, 4.69) is 42.2 Å². The van der Waals surface area contributed by atoms with Crippen molar-refractivity contribution in [3.63, 3.8) is 0 Å². The second kappa shape index (κ2) is 7.06. The molecule has 0 bridgehead atoms. The van der Waals surface area contributed by atoms with E-state index in [9.17, 15) is 0 Å². The maximum Gasteiger partial charge on any atom is 0.119 e. The van der Waals surface area contributed by atoms with Gasteiger partial charge >= 0.3 is 0 Å². The molecule has 0 amide bonds. The molecule has 21 heavy (non-hydrogen) atoms. The minimum absolute atomic E-state index is 0.653. The Kier molecular flexibility index (Phi) is 5.12. The summed E-state index contributed by atoms with van der Waals surface area (Å²) >= 11 is 2.14. The molecule has 1 fully saturated rings. The first-order valence-corrected chi connectivity index (χ1v) is 9.36. The van der Waals surface area contributed by atoms with E-state index in [0.29, 0.717) is 6.04 Å². The molecule has 3 heteroatoms. The Hall–Kier alpha value is -0.670. The van der Waals surface area contributed by atoms with Crippen LogP contribution >= 0.6 is 11.8 Å². The van der Waals surface area contributed by atoms with Gasteiger partial charge in [-0.05, 0) is 67.5 Å². The highest BCUT2D eigenvalue weighted by molar-refractivity contribution is 7.99. The van der Waals surface area contributed by atoms with Crippen LogP contribution in [0.15, 0.2) is 18.2 Å². The van der Waals surface area contributed by atoms with E-state index in [1.54, 1.807) is 7.11 Å². The molecule has 0 spiro atoms. The highest BCUT2D eigenvalue weighted by atomic mass is 32.2. The molecule has 0 heterocycles. The minimum atomic E-state index is 0.653. The second-order valence-electron chi connectivity index (χ2n) is 6.33. The molecule has 1 aromatic carbocycles. The summed E-state index contributed by atoms with van der Waals surface area (Å²) in [5, 5.41) is 4.82. The van der Waals surface area contributed by atoms with Crippen LogP contribution < -0.4 is 10.1 Å². The first-order valence-electron chi connectivity index (χ1n) is 8.32. The van der Waals surface area contributed by atoms with Gasteiger partial charge in [0.15, 0.2) is 0 Å². The molecule has 2 nitrogen and oxygen atoms in total. The van der Waals surface area contributed by atoms with Gasteiger partial charge in [-0.3, -0.25) is 0 Å². The fourth-order valence-electron chi connectivity index (χ4n) is 3.81. The van der Waals surface area contributed by atoms with Crippen molar-refractivity contribution in [1.82, 2.24) is 5.32 Å². The predicted molar refractivity (Wildman–Crippen MR) is 91.5 cm³/mol. The molecule has 0 aromatic heterocycles. The molecule has 3 unspecified atom stereocenters. The van der Waals surface area contributed by atoms with Crippen LogP contribution in [0.4, 0.5) is 0 Å². The Bertz CT molecular complexity index is 476. The van der Waals surface area contributed by atoms with Gasteiger partial charge < -0.3 is 10.1 Å². The monoisotopic (exact) mass is 305 g/mol. The fourth-order valence-corrected chi connectivity index (χ4v) is 4.96. The van der Waals surface area contributed by atoms with Crippen molar-refractivity contribution in [3.8, 4) is 5.75 Å². The molecular weight excluding hydrogens is 278 g/mol. The summed E-state index contributed by atoms with van der Waals surface area (Å²) in [7, 11) is 1.75. The number of methoxy groups -OCH3 is 1. The van der Waals surface area contributed by atoms with Crippen molar-refractivity contribution in [2.24, 2.45) is 0 Å². The summed E-state index contributed by atoms with van der Waals surface area (Å²) in [5.41, 5.74) is 3.00. The molecule has 116 valence electrons. The van der Waals surface area contributed by atoms with E-state index in [-0.39, 0.29) is 0 Å². The van der Waals surface area contributed by atoms with Crippen LogP contribution in [0.3, 0.4) is 0 Å². The fraction of sp³-hybridized carbons (Fsp3) is 0.667. The number of benzene rings is 1. The number of thioether (sulfide) groups is 1. The van der Waals surface area contributed by atoms with E-state index in [4.69, 9.17) is 4.74 Å². The van der Waals surface area contributed by atoms with Crippen LogP contribution in [0.5, 0.6) is 5.75 Å². The molecule has 0 aliphatic heterocycles. The van der Waals surface area contributed by atoms with Crippen molar-refractivity contribution in [2.75, 3.05) is 12.9 Å². The summed E-state index contributed by atoms with van der Waals surface area (Å²) in [4.78, 5) is 0. The van der Waals surface area contributed by atoms with Crippen LogP contribution in [-0.4, -0.2) is 30.2 Å². The Labute approximate surface area is 133 Å². The highest BCUT2D eigenvalue weighted by Gasteiger charge is 2.27. The standard InChI is InChI=1S/C18H27NOS/c1-3-21-18-9-7-16(12-18)19-15-6-4-13-5-8-17(20-2)11-14(13)10-15/h5,8,11,15-16,18-19H,3-4,6-7,9-10,12H2,1-2H3. The van der Waals surface area contributed by atoms with Crippen molar-refractivity contribution >= 4 is 11.8 Å². The third-order valence-electron chi connectivity index (χ3n) is 4.90. The van der Waals surface area contributed by atoms with Gasteiger partial charge in [0.1, 0.15) is 5.75 Å². The molecule has 2 aliphatic carbocycles. The topological polar surface area (TPSA) is 21.3 Å². The zero-order valence-corrected chi connectivity index (χ0v) is 14.0. The largest absolute Gasteiger partial charge is 0.497 e. The Morgan fingerprint density at radius 3 is 2.90 bits per heavy atom. The SMILES string of the molecule is CCSC1CCC(NC2CCc3ccc(OC)cc3C2)C1. The van der Waals surface area contributed by atoms with Crippen LogP contribution in [-0.2, 0) is 12.8 Å². The number of hydrogen-bond acceptors (Lipinski definition) is 3. The van der Waals surface area contributed by atoms with Gasteiger partial charge in [0.2, 0.25) is 0 Å². The lowest BCUT2D eigenvalue weighted by molar-refractivity contribution is 0.391. The molecule has 0 radical (unpaired) electrons. The average molecular weight is 305 g/mol. The van der Waals surface area contributed by atoms with Crippen LogP contribution in [0.2, 0.25) is 0 Å². The van der Waals surface area contributed by atoms with Gasteiger partial charge in [0.05, 0.1) is 7.11 Å². The van der Waals surface area contributed by atoms with E-state index in [1.165, 1.54) is 49.0 Å². The summed E-state index contributed by atoms with van der Waals surface area (Å²) in [5.74, 6) is 2.25. The normalized spacial score (nSPS) is 28.4. The van der Waals surface area contributed by atoms with Crippen molar-refractivity contribution < 1.29 is 4.74 Å². The quantitative estimate of drug-likeness (QED) is 0.893. The lowest BCUT2D eigenvalue weighted by Gasteiger charge is -2.28. The van der Waals surface area contributed by atoms with Crippen molar-refractivity contribution in [2.45, 2.75) is 62.8 Å². The number of hydrogen-bond donors (Lipinski definition) is 1. The maximum absolute atomic E-state index is 5.37.